The number of likely N-dealkylation sites (N-methyl/N-ethyl adjacent to an activating group) is 1. The minimum Gasteiger partial charge on any atom is -0.361 e. The Kier molecular flexibility index (Phi) is 5.56. The van der Waals surface area contributed by atoms with Crippen molar-refractivity contribution < 1.29 is 0 Å². The van der Waals surface area contributed by atoms with Gasteiger partial charge in [-0.15, -0.1) is 0 Å². The molecule has 2 aliphatic heterocycles. The summed E-state index contributed by atoms with van der Waals surface area (Å²) >= 11 is 5.63. The molecule has 2 aliphatic rings. The molecule has 6 heteroatoms. The molecule has 1 saturated heterocycles. The highest BCUT2D eigenvalue weighted by Crippen LogP contribution is 2.34. The van der Waals surface area contributed by atoms with Crippen LogP contribution in [-0.2, 0) is 6.54 Å². The maximum absolute atomic E-state index is 12.1. The van der Waals surface area contributed by atoms with Gasteiger partial charge in [-0.25, -0.2) is 0 Å². The summed E-state index contributed by atoms with van der Waals surface area (Å²) in [5, 5.41) is 4.29. The summed E-state index contributed by atoms with van der Waals surface area (Å²) in [6, 6.07) is 5.65. The lowest BCUT2D eigenvalue weighted by molar-refractivity contribution is 0.177. The SMILES string of the molecule is CCN(CC)CCNC(=S)N1C[C@H]2C[C@@H](C1)c1cccc(=O)n1C2. The van der Waals surface area contributed by atoms with Crippen molar-refractivity contribution >= 4 is 17.3 Å². The number of hydrogen-bond acceptors (Lipinski definition) is 3. The van der Waals surface area contributed by atoms with Gasteiger partial charge in [-0.05, 0) is 43.7 Å². The van der Waals surface area contributed by atoms with Gasteiger partial charge in [0.1, 0.15) is 0 Å². The number of piperidine rings is 1. The van der Waals surface area contributed by atoms with E-state index in [2.05, 4.69) is 35.0 Å². The minimum atomic E-state index is 0.135. The Bertz CT molecular complexity index is 640. The van der Waals surface area contributed by atoms with Crippen LogP contribution in [0.4, 0.5) is 0 Å². The number of fused-ring (bicyclic) bond motifs is 4. The molecule has 1 fully saturated rings. The second-order valence-corrected chi connectivity index (χ2v) is 7.25. The molecule has 1 aromatic heterocycles. The number of likely N-dealkylation sites (tertiary alicyclic amines) is 1. The molecule has 0 spiro atoms. The summed E-state index contributed by atoms with van der Waals surface area (Å²) < 4.78 is 1.97. The largest absolute Gasteiger partial charge is 0.361 e. The predicted molar refractivity (Wildman–Crippen MR) is 102 cm³/mol. The van der Waals surface area contributed by atoms with Gasteiger partial charge in [0, 0.05) is 50.4 Å². The zero-order valence-electron chi connectivity index (χ0n) is 14.7. The lowest BCUT2D eigenvalue weighted by atomic mass is 9.83. The first-order valence-corrected chi connectivity index (χ1v) is 9.48. The smallest absolute Gasteiger partial charge is 0.250 e. The van der Waals surface area contributed by atoms with E-state index in [-0.39, 0.29) is 5.56 Å². The van der Waals surface area contributed by atoms with Crippen molar-refractivity contribution in [1.29, 1.82) is 0 Å². The molecule has 2 atom stereocenters. The third kappa shape index (κ3) is 3.64. The van der Waals surface area contributed by atoms with Crippen molar-refractivity contribution in [2.75, 3.05) is 39.3 Å². The third-order valence-corrected chi connectivity index (χ3v) is 5.77. The maximum atomic E-state index is 12.1. The highest BCUT2D eigenvalue weighted by molar-refractivity contribution is 7.80. The fraction of sp³-hybridized carbons (Fsp3) is 0.667. The normalized spacial score (nSPS) is 22.4. The second-order valence-electron chi connectivity index (χ2n) is 6.86. The molecule has 3 rings (SSSR count). The Morgan fingerprint density at radius 2 is 2.08 bits per heavy atom. The van der Waals surface area contributed by atoms with Gasteiger partial charge in [-0.1, -0.05) is 19.9 Å². The Morgan fingerprint density at radius 3 is 2.83 bits per heavy atom. The van der Waals surface area contributed by atoms with Crippen LogP contribution in [0.25, 0.3) is 0 Å². The molecule has 0 radical (unpaired) electrons. The van der Waals surface area contributed by atoms with Crippen LogP contribution >= 0.6 is 12.2 Å². The Hall–Kier alpha value is -1.40. The quantitative estimate of drug-likeness (QED) is 0.817. The van der Waals surface area contributed by atoms with Crippen LogP contribution in [0.1, 0.15) is 31.9 Å². The molecular weight excluding hydrogens is 320 g/mol. The van der Waals surface area contributed by atoms with Crippen LogP contribution in [0.5, 0.6) is 0 Å². The minimum absolute atomic E-state index is 0.135. The number of hydrogen-bond donors (Lipinski definition) is 1. The van der Waals surface area contributed by atoms with Gasteiger partial charge in [0.15, 0.2) is 5.11 Å². The van der Waals surface area contributed by atoms with E-state index in [4.69, 9.17) is 12.2 Å². The van der Waals surface area contributed by atoms with Crippen molar-refractivity contribution in [3.8, 4) is 0 Å². The number of rotatable bonds is 5. The molecule has 2 bridgehead atoms. The van der Waals surface area contributed by atoms with Gasteiger partial charge in [-0.2, -0.15) is 0 Å². The molecule has 1 N–H and O–H groups in total. The summed E-state index contributed by atoms with van der Waals surface area (Å²) in [6.07, 6.45) is 1.17. The fourth-order valence-electron chi connectivity index (χ4n) is 4.03. The molecule has 0 amide bonds. The summed E-state index contributed by atoms with van der Waals surface area (Å²) in [6.45, 7) is 11.1. The first kappa shape index (κ1) is 17.4. The van der Waals surface area contributed by atoms with Crippen molar-refractivity contribution in [2.24, 2.45) is 5.92 Å². The first-order chi connectivity index (χ1) is 11.6. The van der Waals surface area contributed by atoms with Crippen molar-refractivity contribution in [1.82, 2.24) is 19.7 Å². The third-order valence-electron chi connectivity index (χ3n) is 5.37. The summed E-state index contributed by atoms with van der Waals surface area (Å²) in [4.78, 5) is 16.8. The predicted octanol–water partition coefficient (Wildman–Crippen LogP) is 1.48. The fourth-order valence-corrected chi connectivity index (χ4v) is 4.29. The van der Waals surface area contributed by atoms with E-state index < -0.39 is 0 Å². The molecule has 0 aliphatic carbocycles. The molecular formula is C18H28N4OS. The van der Waals surface area contributed by atoms with E-state index in [1.807, 2.05) is 10.6 Å². The van der Waals surface area contributed by atoms with Crippen LogP contribution in [0.15, 0.2) is 23.0 Å². The molecule has 1 aromatic rings. The second kappa shape index (κ2) is 7.66. The summed E-state index contributed by atoms with van der Waals surface area (Å²) in [7, 11) is 0. The molecule has 5 nitrogen and oxygen atoms in total. The van der Waals surface area contributed by atoms with Crippen molar-refractivity contribution in [3.63, 3.8) is 0 Å². The average molecular weight is 349 g/mol. The summed E-state index contributed by atoms with van der Waals surface area (Å²) in [5.41, 5.74) is 1.31. The number of thiocarbonyl (C=S) groups is 1. The number of nitrogens with one attached hydrogen (secondary N) is 1. The van der Waals surface area contributed by atoms with Crippen molar-refractivity contribution in [2.45, 2.75) is 32.7 Å². The van der Waals surface area contributed by atoms with Crippen LogP contribution in [0.2, 0.25) is 0 Å². The lowest BCUT2D eigenvalue weighted by Gasteiger charge is -2.43. The van der Waals surface area contributed by atoms with Crippen LogP contribution in [0.3, 0.4) is 0 Å². The van der Waals surface area contributed by atoms with Gasteiger partial charge >= 0.3 is 0 Å². The van der Waals surface area contributed by atoms with E-state index in [1.165, 1.54) is 12.1 Å². The molecule has 132 valence electrons. The zero-order chi connectivity index (χ0) is 17.1. The molecule has 3 heterocycles. The van der Waals surface area contributed by atoms with Crippen molar-refractivity contribution in [3.05, 3.63) is 34.2 Å². The van der Waals surface area contributed by atoms with Gasteiger partial charge < -0.3 is 19.7 Å². The van der Waals surface area contributed by atoms with E-state index in [9.17, 15) is 4.79 Å². The topological polar surface area (TPSA) is 40.5 Å². The standard InChI is InChI=1S/C18H28N4OS/c1-3-20(4-2)9-8-19-18(24)21-11-14-10-15(13-21)16-6-5-7-17(23)22(16)12-14/h5-7,14-15H,3-4,8-13H2,1-2H3,(H,19,24)/t14-,15+/m1/s1. The van der Waals surface area contributed by atoms with Gasteiger partial charge in [0.2, 0.25) is 0 Å². The van der Waals surface area contributed by atoms with Gasteiger partial charge in [0.25, 0.3) is 5.56 Å². The van der Waals surface area contributed by atoms with E-state index in [1.54, 1.807) is 6.07 Å². The zero-order valence-corrected chi connectivity index (χ0v) is 15.5. The van der Waals surface area contributed by atoms with Gasteiger partial charge in [-0.3, -0.25) is 4.79 Å². The van der Waals surface area contributed by atoms with Crippen LogP contribution in [0, 0.1) is 5.92 Å². The molecule has 0 unspecified atom stereocenters. The first-order valence-electron chi connectivity index (χ1n) is 9.07. The highest BCUT2D eigenvalue weighted by Gasteiger charge is 2.35. The number of aromatic nitrogens is 1. The van der Waals surface area contributed by atoms with Gasteiger partial charge in [0.05, 0.1) is 0 Å². The Morgan fingerprint density at radius 1 is 1.29 bits per heavy atom. The summed E-state index contributed by atoms with van der Waals surface area (Å²) in [5.74, 6) is 0.924. The molecule has 0 saturated carbocycles. The maximum Gasteiger partial charge on any atom is 0.250 e. The van der Waals surface area contributed by atoms with E-state index in [0.29, 0.717) is 11.8 Å². The highest BCUT2D eigenvalue weighted by atomic mass is 32.1. The Balaban J connectivity index is 1.60. The number of nitrogens with zero attached hydrogens (tertiary/aromatic N) is 3. The van der Waals surface area contributed by atoms with E-state index in [0.717, 1.165) is 50.9 Å². The number of pyridine rings is 1. The van der Waals surface area contributed by atoms with E-state index >= 15 is 0 Å². The van der Waals surface area contributed by atoms with Crippen LogP contribution < -0.4 is 10.9 Å². The average Bonchev–Trinajstić information content (AvgIpc) is 2.59. The monoisotopic (exact) mass is 348 g/mol. The van der Waals surface area contributed by atoms with Crippen LogP contribution in [-0.4, -0.2) is 58.7 Å². The molecule has 24 heavy (non-hydrogen) atoms. The lowest BCUT2D eigenvalue weighted by Crippen LogP contribution is -2.52. The Labute approximate surface area is 149 Å². The molecule has 0 aromatic carbocycles.